The van der Waals surface area contributed by atoms with Crippen molar-refractivity contribution in [3.63, 3.8) is 0 Å². The van der Waals surface area contributed by atoms with Gasteiger partial charge in [-0.2, -0.15) is 5.10 Å². The van der Waals surface area contributed by atoms with Crippen LogP contribution in [0.15, 0.2) is 24.3 Å². The molecule has 0 saturated heterocycles. The van der Waals surface area contributed by atoms with Gasteiger partial charge < -0.3 is 5.32 Å². The molecule has 0 fully saturated rings. The molecular weight excluding hydrogens is 368 g/mol. The number of benzene rings is 1. The minimum absolute atomic E-state index is 0.0553. The third kappa shape index (κ3) is 4.33. The molecule has 0 aliphatic carbocycles. The van der Waals surface area contributed by atoms with Gasteiger partial charge in [-0.1, -0.05) is 29.8 Å². The van der Waals surface area contributed by atoms with E-state index in [-0.39, 0.29) is 11.9 Å². The Hall–Kier alpha value is -2.47. The number of carbonyl (C=O) groups is 1. The van der Waals surface area contributed by atoms with Crippen molar-refractivity contribution in [2.24, 2.45) is 7.05 Å². The van der Waals surface area contributed by atoms with Crippen LogP contribution in [0, 0.1) is 27.7 Å². The van der Waals surface area contributed by atoms with Crippen LogP contribution in [-0.2, 0) is 18.3 Å². The van der Waals surface area contributed by atoms with Gasteiger partial charge >= 0.3 is 0 Å². The number of rotatable bonds is 6. The Labute approximate surface area is 170 Å². The number of hydrogen-bond donors (Lipinski definition) is 1. The Balaban J connectivity index is 1.65. The zero-order valence-electron chi connectivity index (χ0n) is 17.5. The van der Waals surface area contributed by atoms with Crippen molar-refractivity contribution in [3.05, 3.63) is 57.4 Å². The van der Waals surface area contributed by atoms with E-state index in [1.165, 1.54) is 11.1 Å². The topological polar surface area (TPSA) is 59.8 Å². The molecule has 1 atom stereocenters. The lowest BCUT2D eigenvalue weighted by molar-refractivity contribution is -0.121. The van der Waals surface area contributed by atoms with Gasteiger partial charge in [-0.15, -0.1) is 11.3 Å². The number of thiazole rings is 1. The highest BCUT2D eigenvalue weighted by Crippen LogP contribution is 2.32. The Morgan fingerprint density at radius 2 is 1.82 bits per heavy atom. The van der Waals surface area contributed by atoms with Crippen molar-refractivity contribution in [2.45, 2.75) is 53.5 Å². The molecule has 3 rings (SSSR count). The highest BCUT2D eigenvalue weighted by atomic mass is 32.1. The molecule has 5 nitrogen and oxygen atoms in total. The van der Waals surface area contributed by atoms with Crippen molar-refractivity contribution in [2.75, 3.05) is 0 Å². The first-order valence-electron chi connectivity index (χ1n) is 9.59. The third-order valence-electron chi connectivity index (χ3n) is 5.16. The fraction of sp³-hybridized carbons (Fsp3) is 0.409. The number of nitrogens with one attached hydrogen (secondary N) is 1. The average Bonchev–Trinajstić information content (AvgIpc) is 3.14. The number of hydrogen-bond acceptors (Lipinski definition) is 4. The zero-order chi connectivity index (χ0) is 20.4. The minimum Gasteiger partial charge on any atom is -0.349 e. The van der Waals surface area contributed by atoms with Crippen LogP contribution in [-0.4, -0.2) is 20.7 Å². The monoisotopic (exact) mass is 396 g/mol. The molecule has 1 amide bonds. The standard InChI is InChI=1S/C22H28N4OS/c1-13-7-9-18(10-8-13)22-24-16(4)21(28-22)15(3)23-20(27)12-11-19-14(2)25-26(6)17(19)5/h7-10,15H,11-12H2,1-6H3,(H,23,27). The lowest BCUT2D eigenvalue weighted by Gasteiger charge is -2.13. The maximum atomic E-state index is 12.5. The van der Waals surface area contributed by atoms with Gasteiger partial charge in [0, 0.05) is 24.7 Å². The largest absolute Gasteiger partial charge is 0.349 e. The van der Waals surface area contributed by atoms with E-state index in [4.69, 9.17) is 4.98 Å². The van der Waals surface area contributed by atoms with E-state index in [1.54, 1.807) is 11.3 Å². The molecule has 1 aromatic carbocycles. The van der Waals surface area contributed by atoms with Gasteiger partial charge in [0.05, 0.1) is 22.3 Å². The number of nitrogens with zero attached hydrogens (tertiary/aromatic N) is 3. The van der Waals surface area contributed by atoms with Gasteiger partial charge in [0.2, 0.25) is 5.91 Å². The molecule has 2 heterocycles. The van der Waals surface area contributed by atoms with Crippen LogP contribution in [0.25, 0.3) is 10.6 Å². The van der Waals surface area contributed by atoms with Gasteiger partial charge in [0.25, 0.3) is 0 Å². The van der Waals surface area contributed by atoms with Crippen molar-refractivity contribution in [1.29, 1.82) is 0 Å². The van der Waals surface area contributed by atoms with E-state index in [9.17, 15) is 4.79 Å². The lowest BCUT2D eigenvalue weighted by Crippen LogP contribution is -2.26. The first-order valence-corrected chi connectivity index (χ1v) is 10.4. The van der Waals surface area contributed by atoms with E-state index in [2.05, 4.69) is 41.6 Å². The molecule has 0 bridgehead atoms. The van der Waals surface area contributed by atoms with Crippen molar-refractivity contribution < 1.29 is 4.79 Å². The number of carbonyl (C=O) groups excluding carboxylic acids is 1. The predicted molar refractivity (Wildman–Crippen MR) is 115 cm³/mol. The molecule has 2 aromatic heterocycles. The predicted octanol–water partition coefficient (Wildman–Crippen LogP) is 4.59. The first-order chi connectivity index (χ1) is 13.3. The molecule has 0 radical (unpaired) electrons. The summed E-state index contributed by atoms with van der Waals surface area (Å²) in [5.74, 6) is 0.0554. The lowest BCUT2D eigenvalue weighted by atomic mass is 10.1. The molecule has 28 heavy (non-hydrogen) atoms. The summed E-state index contributed by atoms with van der Waals surface area (Å²) in [6.07, 6.45) is 1.17. The van der Waals surface area contributed by atoms with Crippen LogP contribution in [0.5, 0.6) is 0 Å². The average molecular weight is 397 g/mol. The summed E-state index contributed by atoms with van der Waals surface area (Å²) in [6.45, 7) is 10.2. The van der Waals surface area contributed by atoms with Gasteiger partial charge in [0.1, 0.15) is 5.01 Å². The number of amides is 1. The van der Waals surface area contributed by atoms with E-state index in [0.717, 1.165) is 32.5 Å². The molecule has 0 aliphatic rings. The van der Waals surface area contributed by atoms with Crippen LogP contribution < -0.4 is 5.32 Å². The summed E-state index contributed by atoms with van der Waals surface area (Å²) in [5.41, 5.74) is 6.62. The van der Waals surface area contributed by atoms with Crippen molar-refractivity contribution in [3.8, 4) is 10.6 Å². The molecule has 1 unspecified atom stereocenters. The molecular formula is C22H28N4OS. The third-order valence-corrected chi connectivity index (χ3v) is 6.55. The second kappa shape index (κ2) is 8.27. The minimum atomic E-state index is -0.0553. The Morgan fingerprint density at radius 3 is 2.43 bits per heavy atom. The second-order valence-electron chi connectivity index (χ2n) is 7.40. The van der Waals surface area contributed by atoms with Crippen LogP contribution >= 0.6 is 11.3 Å². The quantitative estimate of drug-likeness (QED) is 0.663. The van der Waals surface area contributed by atoms with Crippen LogP contribution in [0.3, 0.4) is 0 Å². The van der Waals surface area contributed by atoms with E-state index in [1.807, 2.05) is 39.4 Å². The number of aryl methyl sites for hydroxylation is 4. The summed E-state index contributed by atoms with van der Waals surface area (Å²) < 4.78 is 1.87. The maximum absolute atomic E-state index is 12.5. The normalized spacial score (nSPS) is 12.2. The second-order valence-corrected chi connectivity index (χ2v) is 8.43. The highest BCUT2D eigenvalue weighted by molar-refractivity contribution is 7.15. The summed E-state index contributed by atoms with van der Waals surface area (Å²) in [5, 5.41) is 8.55. The van der Waals surface area contributed by atoms with Gasteiger partial charge in [-0.05, 0) is 46.6 Å². The zero-order valence-corrected chi connectivity index (χ0v) is 18.3. The smallest absolute Gasteiger partial charge is 0.220 e. The van der Waals surface area contributed by atoms with Crippen LogP contribution in [0.4, 0.5) is 0 Å². The van der Waals surface area contributed by atoms with Crippen LogP contribution in [0.1, 0.15) is 52.5 Å². The Morgan fingerprint density at radius 1 is 1.14 bits per heavy atom. The highest BCUT2D eigenvalue weighted by Gasteiger charge is 2.18. The molecule has 1 N–H and O–H groups in total. The molecule has 3 aromatic rings. The Kier molecular flexibility index (Phi) is 5.98. The maximum Gasteiger partial charge on any atom is 0.220 e. The molecule has 6 heteroatoms. The van der Waals surface area contributed by atoms with E-state index < -0.39 is 0 Å². The van der Waals surface area contributed by atoms with Gasteiger partial charge in [-0.3, -0.25) is 9.48 Å². The summed E-state index contributed by atoms with van der Waals surface area (Å²) in [4.78, 5) is 18.3. The Bertz CT molecular complexity index is 985. The molecule has 0 spiro atoms. The molecule has 0 aliphatic heterocycles. The summed E-state index contributed by atoms with van der Waals surface area (Å²) in [7, 11) is 1.94. The fourth-order valence-corrected chi connectivity index (χ4v) is 4.50. The SMILES string of the molecule is Cc1ccc(-c2nc(C)c(C(C)NC(=O)CCc3c(C)nn(C)c3C)s2)cc1. The number of aromatic nitrogens is 3. The molecule has 0 saturated carbocycles. The van der Waals surface area contributed by atoms with E-state index in [0.29, 0.717) is 12.8 Å². The summed E-state index contributed by atoms with van der Waals surface area (Å²) in [6, 6.07) is 8.33. The van der Waals surface area contributed by atoms with E-state index >= 15 is 0 Å². The van der Waals surface area contributed by atoms with Crippen LogP contribution in [0.2, 0.25) is 0 Å². The first kappa shape index (κ1) is 20.3. The van der Waals surface area contributed by atoms with Crippen molar-refractivity contribution >= 4 is 17.2 Å². The fourth-order valence-electron chi connectivity index (χ4n) is 3.43. The van der Waals surface area contributed by atoms with Crippen molar-refractivity contribution in [1.82, 2.24) is 20.1 Å². The molecule has 148 valence electrons. The van der Waals surface area contributed by atoms with Gasteiger partial charge in [-0.25, -0.2) is 4.98 Å². The van der Waals surface area contributed by atoms with Gasteiger partial charge in [0.15, 0.2) is 0 Å². The summed E-state index contributed by atoms with van der Waals surface area (Å²) >= 11 is 1.65.